The van der Waals surface area contributed by atoms with Crippen molar-refractivity contribution in [3.63, 3.8) is 0 Å². The van der Waals surface area contributed by atoms with E-state index < -0.39 is 84.7 Å². The summed E-state index contributed by atoms with van der Waals surface area (Å²) >= 11 is 0. The Hall–Kier alpha value is -3.20. The maximum absolute atomic E-state index is 12.4. The van der Waals surface area contributed by atoms with Crippen molar-refractivity contribution in [1.82, 2.24) is 0 Å². The van der Waals surface area contributed by atoms with Crippen LogP contribution in [0.1, 0.15) is 15.9 Å². The van der Waals surface area contributed by atoms with Gasteiger partial charge in [0, 0.05) is 6.07 Å². The number of ketones is 1. The number of allylic oxidation sites excluding steroid dienone is 1. The second-order valence-corrected chi connectivity index (χ2v) is 10.9. The zero-order valence-electron chi connectivity index (χ0n) is 22.1. The Bertz CT molecular complexity index is 1410. The minimum absolute atomic E-state index is 0.0190. The number of phenols is 2. The minimum Gasteiger partial charge on any atom is -0.508 e. The van der Waals surface area contributed by atoms with Gasteiger partial charge in [0.15, 0.2) is 18.2 Å². The van der Waals surface area contributed by atoms with Gasteiger partial charge >= 0.3 is 10.4 Å². The third-order valence-corrected chi connectivity index (χ3v) is 7.10. The molecule has 0 aromatic heterocycles. The molecule has 0 aliphatic carbocycles. The van der Waals surface area contributed by atoms with Crippen LogP contribution < -0.4 is 4.74 Å². The van der Waals surface area contributed by atoms with E-state index in [1.165, 1.54) is 36.4 Å². The smallest absolute Gasteiger partial charge is 0.397 e. The van der Waals surface area contributed by atoms with Gasteiger partial charge in [0.25, 0.3) is 0 Å². The predicted octanol–water partition coefficient (Wildman–Crippen LogP) is -1.54. The molecule has 0 bridgehead atoms. The molecular weight excluding hydrogens is 600 g/mol. The van der Waals surface area contributed by atoms with Gasteiger partial charge in [-0.25, -0.2) is 4.18 Å². The lowest BCUT2D eigenvalue weighted by molar-refractivity contribution is -0.318. The van der Waals surface area contributed by atoms with Gasteiger partial charge in [-0.15, -0.1) is 0 Å². The van der Waals surface area contributed by atoms with Crippen molar-refractivity contribution in [3.8, 4) is 17.2 Å². The monoisotopic (exact) mass is 630 g/mol. The van der Waals surface area contributed by atoms with Crippen LogP contribution in [-0.2, 0) is 28.8 Å². The van der Waals surface area contributed by atoms with E-state index in [0.29, 0.717) is 5.56 Å². The summed E-state index contributed by atoms with van der Waals surface area (Å²) in [5.74, 6) is -0.967. The first kappa shape index (κ1) is 32.7. The number of aliphatic hydroxyl groups excluding tert-OH is 4. The highest BCUT2D eigenvalue weighted by molar-refractivity contribution is 7.80. The lowest BCUT2D eigenvalue weighted by atomic mass is 9.98. The van der Waals surface area contributed by atoms with E-state index in [2.05, 4.69) is 4.18 Å². The van der Waals surface area contributed by atoms with Crippen LogP contribution in [0.5, 0.6) is 17.2 Å². The largest absolute Gasteiger partial charge is 0.508 e. The van der Waals surface area contributed by atoms with Gasteiger partial charge in [-0.05, 0) is 35.9 Å². The van der Waals surface area contributed by atoms with Crippen LogP contribution in [0.3, 0.4) is 0 Å². The molecule has 16 nitrogen and oxygen atoms in total. The summed E-state index contributed by atoms with van der Waals surface area (Å²) in [7, 11) is -4.96. The Balaban J connectivity index is 1.45. The second-order valence-electron chi connectivity index (χ2n) is 9.81. The molecule has 0 amide bonds. The summed E-state index contributed by atoms with van der Waals surface area (Å²) in [5.41, 5.74) is -1.82. The number of hydrogen-bond donors (Lipinski definition) is 8. The highest BCUT2D eigenvalue weighted by atomic mass is 32.3. The summed E-state index contributed by atoms with van der Waals surface area (Å²) in [4.78, 5) is 12.4. The molecule has 2 aliphatic rings. The first-order valence-electron chi connectivity index (χ1n) is 12.6. The van der Waals surface area contributed by atoms with E-state index in [9.17, 15) is 49.0 Å². The van der Waals surface area contributed by atoms with E-state index >= 15 is 0 Å². The highest BCUT2D eigenvalue weighted by Crippen LogP contribution is 2.32. The maximum Gasteiger partial charge on any atom is 0.397 e. The molecule has 236 valence electrons. The molecule has 2 saturated heterocycles. The molecule has 4 rings (SSSR count). The highest BCUT2D eigenvalue weighted by Gasteiger charge is 2.54. The second kappa shape index (κ2) is 13.2. The van der Waals surface area contributed by atoms with Crippen LogP contribution in [0, 0.1) is 0 Å². The number of rotatable bonds is 11. The molecule has 17 heteroatoms. The number of aromatic hydroxyl groups is 2. The number of carbonyl (C=O) groups excluding carboxylic acids is 1. The van der Waals surface area contributed by atoms with E-state index in [4.69, 9.17) is 23.5 Å². The van der Waals surface area contributed by atoms with Crippen molar-refractivity contribution in [2.24, 2.45) is 0 Å². The molecule has 2 heterocycles. The quantitative estimate of drug-likeness (QED) is 0.0795. The van der Waals surface area contributed by atoms with Crippen LogP contribution in [0.2, 0.25) is 0 Å². The van der Waals surface area contributed by atoms with E-state index in [0.717, 1.165) is 6.07 Å². The number of hydrogen-bond acceptors (Lipinski definition) is 15. The van der Waals surface area contributed by atoms with Crippen molar-refractivity contribution >= 4 is 22.3 Å². The molecule has 43 heavy (non-hydrogen) atoms. The average Bonchev–Trinajstić information content (AvgIpc) is 3.23. The summed E-state index contributed by atoms with van der Waals surface area (Å²) in [6.45, 7) is -2.50. The molecule has 0 spiro atoms. The molecule has 8 N–H and O–H groups in total. The van der Waals surface area contributed by atoms with Gasteiger partial charge in [0.2, 0.25) is 6.29 Å². The van der Waals surface area contributed by atoms with Gasteiger partial charge in [0.1, 0.15) is 53.9 Å². The average molecular weight is 631 g/mol. The molecule has 8 atom stereocenters. The molecule has 2 aromatic carbocycles. The normalized spacial score (nSPS) is 31.3. The van der Waals surface area contributed by atoms with Crippen LogP contribution in [0.4, 0.5) is 0 Å². The zero-order chi connectivity index (χ0) is 31.5. The van der Waals surface area contributed by atoms with E-state index in [-0.39, 0.29) is 22.8 Å². The molecule has 2 aromatic rings. The van der Waals surface area contributed by atoms with Crippen molar-refractivity contribution in [3.05, 3.63) is 59.7 Å². The van der Waals surface area contributed by atoms with Crippen LogP contribution in [0.15, 0.2) is 48.5 Å². The lowest BCUT2D eigenvalue weighted by Gasteiger charge is -2.42. The summed E-state index contributed by atoms with van der Waals surface area (Å²) in [6, 6.07) is 9.57. The van der Waals surface area contributed by atoms with Crippen LogP contribution in [0.25, 0.3) is 6.08 Å². The first-order chi connectivity index (χ1) is 20.2. The van der Waals surface area contributed by atoms with Crippen LogP contribution >= 0.6 is 0 Å². The number of aliphatic hydroxyl groups is 5. The van der Waals surface area contributed by atoms with E-state index in [1.54, 1.807) is 12.1 Å². The van der Waals surface area contributed by atoms with Gasteiger partial charge in [-0.3, -0.25) is 9.35 Å². The molecule has 8 unspecified atom stereocenters. The van der Waals surface area contributed by atoms with Gasteiger partial charge in [0.05, 0.1) is 18.8 Å². The Morgan fingerprint density at radius 2 is 1.74 bits per heavy atom. The maximum atomic E-state index is 12.4. The lowest BCUT2D eigenvalue weighted by Crippen LogP contribution is -2.62. The van der Waals surface area contributed by atoms with Crippen molar-refractivity contribution in [2.75, 3.05) is 19.8 Å². The molecule has 0 radical (unpaired) electrons. The number of ether oxygens (including phenoxy) is 4. The molecule has 2 fully saturated rings. The standard InChI is InChI=1S/C26H30O16S/c27-10-19-20(31)21(32)22(42-25-23(33)26(34,11-38-25)12-39-43(35,36)37)24(41-19)40-15-5-1-13(2-6-15)3-8-17(29)16-7-4-14(28)9-18(16)30/h1-9,19-25,27-28,30-34H,10-12H2,(H,35,36,37). The van der Waals surface area contributed by atoms with Gasteiger partial charge in [-0.2, -0.15) is 8.42 Å². The Morgan fingerprint density at radius 1 is 1.05 bits per heavy atom. The topological polar surface area (TPSA) is 259 Å². The summed E-state index contributed by atoms with van der Waals surface area (Å²) < 4.78 is 56.8. The van der Waals surface area contributed by atoms with Crippen molar-refractivity contribution < 1.29 is 76.6 Å². The number of benzene rings is 2. The number of carbonyl (C=O) groups is 1. The molecule has 0 saturated carbocycles. The SMILES string of the molecule is O=C(C=Cc1ccc(OC2OC(CO)C(O)C(O)C2OC2OCC(O)(COS(=O)(=O)O)C2O)cc1)c1ccc(O)cc1O. The fourth-order valence-electron chi connectivity index (χ4n) is 4.31. The van der Waals surface area contributed by atoms with Crippen molar-refractivity contribution in [2.45, 2.75) is 48.7 Å². The summed E-state index contributed by atoms with van der Waals surface area (Å²) in [6.07, 6.45) is -8.85. The third-order valence-electron chi connectivity index (χ3n) is 6.69. The summed E-state index contributed by atoms with van der Waals surface area (Å²) in [5, 5.41) is 70.9. The fourth-order valence-corrected chi connectivity index (χ4v) is 4.66. The Morgan fingerprint density at radius 3 is 2.37 bits per heavy atom. The Labute approximate surface area is 244 Å². The predicted molar refractivity (Wildman–Crippen MR) is 141 cm³/mol. The van der Waals surface area contributed by atoms with Gasteiger partial charge in [-0.1, -0.05) is 18.2 Å². The number of phenolic OH excluding ortho intramolecular Hbond substituents is 2. The van der Waals surface area contributed by atoms with E-state index in [1.807, 2.05) is 0 Å². The van der Waals surface area contributed by atoms with Crippen molar-refractivity contribution in [1.29, 1.82) is 0 Å². The minimum atomic E-state index is -4.96. The fraction of sp³-hybridized carbons (Fsp3) is 0.423. The first-order valence-corrected chi connectivity index (χ1v) is 14.0. The Kier molecular flexibility index (Phi) is 10.0. The molecule has 2 aliphatic heterocycles. The van der Waals surface area contributed by atoms with Gasteiger partial charge < -0.3 is 54.7 Å². The van der Waals surface area contributed by atoms with Crippen LogP contribution in [-0.4, -0.2) is 123 Å². The zero-order valence-corrected chi connectivity index (χ0v) is 22.9. The third kappa shape index (κ3) is 7.85. The molecular formula is C26H30O16S.